The van der Waals surface area contributed by atoms with Gasteiger partial charge in [-0.1, -0.05) is 36.9 Å². The Labute approximate surface area is 129 Å². The number of amides is 3. The van der Waals surface area contributed by atoms with Gasteiger partial charge in [-0.05, 0) is 11.6 Å². The maximum Gasteiger partial charge on any atom is 0.246 e. The van der Waals surface area contributed by atoms with E-state index in [0.29, 0.717) is 19.5 Å². The molecule has 0 bridgehead atoms. The van der Waals surface area contributed by atoms with Crippen LogP contribution in [0.5, 0.6) is 0 Å². The zero-order valence-corrected chi connectivity index (χ0v) is 12.2. The van der Waals surface area contributed by atoms with Crippen molar-refractivity contribution < 1.29 is 14.4 Å². The lowest BCUT2D eigenvalue weighted by atomic mass is 9.97. The van der Waals surface area contributed by atoms with Crippen LogP contribution >= 0.6 is 0 Å². The zero-order valence-electron chi connectivity index (χ0n) is 12.2. The highest BCUT2D eigenvalue weighted by Gasteiger charge is 2.35. The summed E-state index contributed by atoms with van der Waals surface area (Å²) in [6, 6.07) is 8.59. The standard InChI is InChI=1S/C16H19N3O3/c1-2-14(20)19-9-12(10-19)16(22)18-13(15(17)21)8-11-6-4-3-5-7-11/h2-7,12-13H,1,8-10H2,(H2,17,21)(H,18,22). The van der Waals surface area contributed by atoms with Crippen LogP contribution in [0.1, 0.15) is 5.56 Å². The van der Waals surface area contributed by atoms with Gasteiger partial charge >= 0.3 is 0 Å². The molecule has 1 fully saturated rings. The summed E-state index contributed by atoms with van der Waals surface area (Å²) in [5.74, 6) is -1.33. The fraction of sp³-hybridized carbons (Fsp3) is 0.312. The molecule has 1 aliphatic heterocycles. The molecule has 0 radical (unpaired) electrons. The average molecular weight is 301 g/mol. The van der Waals surface area contributed by atoms with E-state index in [1.54, 1.807) is 0 Å². The predicted molar refractivity (Wildman–Crippen MR) is 81.5 cm³/mol. The predicted octanol–water partition coefficient (Wildman–Crippen LogP) is -0.156. The monoisotopic (exact) mass is 301 g/mol. The van der Waals surface area contributed by atoms with E-state index in [1.807, 2.05) is 30.3 Å². The second-order valence-electron chi connectivity index (χ2n) is 5.30. The van der Waals surface area contributed by atoms with E-state index in [4.69, 9.17) is 5.73 Å². The summed E-state index contributed by atoms with van der Waals surface area (Å²) in [5.41, 5.74) is 6.28. The Hall–Kier alpha value is -2.63. The van der Waals surface area contributed by atoms with Gasteiger partial charge in [0.15, 0.2) is 0 Å². The number of hydrogen-bond acceptors (Lipinski definition) is 3. The molecule has 0 aliphatic carbocycles. The summed E-state index contributed by atoms with van der Waals surface area (Å²) in [7, 11) is 0. The maximum absolute atomic E-state index is 12.1. The molecule has 1 unspecified atom stereocenters. The van der Waals surface area contributed by atoms with E-state index in [9.17, 15) is 14.4 Å². The topological polar surface area (TPSA) is 92.5 Å². The van der Waals surface area contributed by atoms with Gasteiger partial charge in [-0.2, -0.15) is 0 Å². The fourth-order valence-corrected chi connectivity index (χ4v) is 2.32. The Morgan fingerprint density at radius 3 is 2.50 bits per heavy atom. The fourth-order valence-electron chi connectivity index (χ4n) is 2.32. The number of nitrogens with two attached hydrogens (primary N) is 1. The third-order valence-corrected chi connectivity index (χ3v) is 3.68. The molecule has 0 saturated carbocycles. The molecule has 1 heterocycles. The third-order valence-electron chi connectivity index (χ3n) is 3.68. The number of primary amides is 1. The van der Waals surface area contributed by atoms with Gasteiger partial charge in [0.25, 0.3) is 0 Å². The highest BCUT2D eigenvalue weighted by molar-refractivity contribution is 5.92. The Kier molecular flexibility index (Phi) is 4.93. The van der Waals surface area contributed by atoms with Crippen molar-refractivity contribution in [2.45, 2.75) is 12.5 Å². The Balaban J connectivity index is 1.89. The zero-order chi connectivity index (χ0) is 16.1. The van der Waals surface area contributed by atoms with Crippen LogP contribution in [0.3, 0.4) is 0 Å². The molecule has 1 saturated heterocycles. The molecule has 1 atom stereocenters. The highest BCUT2D eigenvalue weighted by Crippen LogP contribution is 2.16. The van der Waals surface area contributed by atoms with Crippen LogP contribution < -0.4 is 11.1 Å². The molecule has 1 aromatic rings. The molecule has 22 heavy (non-hydrogen) atoms. The first-order valence-corrected chi connectivity index (χ1v) is 7.06. The van der Waals surface area contributed by atoms with Crippen molar-refractivity contribution in [1.82, 2.24) is 10.2 Å². The van der Waals surface area contributed by atoms with Gasteiger partial charge in [-0.15, -0.1) is 0 Å². The summed E-state index contributed by atoms with van der Waals surface area (Å²) >= 11 is 0. The first-order chi connectivity index (χ1) is 10.5. The second-order valence-corrected chi connectivity index (χ2v) is 5.30. The molecular formula is C16H19N3O3. The molecule has 0 spiro atoms. The molecule has 3 N–H and O–H groups in total. The van der Waals surface area contributed by atoms with E-state index in [-0.39, 0.29) is 17.7 Å². The molecule has 2 rings (SSSR count). The molecule has 116 valence electrons. The van der Waals surface area contributed by atoms with Crippen molar-refractivity contribution in [3.05, 3.63) is 48.6 Å². The summed E-state index contributed by atoms with van der Waals surface area (Å²) in [5, 5.41) is 2.67. The first-order valence-electron chi connectivity index (χ1n) is 7.06. The lowest BCUT2D eigenvalue weighted by Gasteiger charge is -2.38. The summed E-state index contributed by atoms with van der Waals surface area (Å²) < 4.78 is 0. The van der Waals surface area contributed by atoms with E-state index < -0.39 is 11.9 Å². The molecular weight excluding hydrogens is 282 g/mol. The van der Waals surface area contributed by atoms with Crippen LogP contribution in [0, 0.1) is 5.92 Å². The number of benzene rings is 1. The maximum atomic E-state index is 12.1. The van der Waals surface area contributed by atoms with E-state index in [0.717, 1.165) is 5.56 Å². The van der Waals surface area contributed by atoms with Gasteiger partial charge in [0.2, 0.25) is 17.7 Å². The van der Waals surface area contributed by atoms with E-state index in [2.05, 4.69) is 11.9 Å². The lowest BCUT2D eigenvalue weighted by Crippen LogP contribution is -2.58. The third kappa shape index (κ3) is 3.72. The SMILES string of the molecule is C=CC(=O)N1CC(C(=O)NC(Cc2ccccc2)C(N)=O)C1. The van der Waals surface area contributed by atoms with Crippen LogP contribution in [0.2, 0.25) is 0 Å². The van der Waals surface area contributed by atoms with Crippen LogP contribution in [0.25, 0.3) is 0 Å². The Bertz CT molecular complexity index is 580. The average Bonchev–Trinajstić information content (AvgIpc) is 2.45. The number of carbonyl (C=O) groups is 3. The number of likely N-dealkylation sites (tertiary alicyclic amines) is 1. The Morgan fingerprint density at radius 1 is 1.32 bits per heavy atom. The van der Waals surface area contributed by atoms with Crippen molar-refractivity contribution in [3.63, 3.8) is 0 Å². The van der Waals surface area contributed by atoms with Gasteiger partial charge in [0.1, 0.15) is 6.04 Å². The van der Waals surface area contributed by atoms with Crippen molar-refractivity contribution in [2.24, 2.45) is 11.7 Å². The van der Waals surface area contributed by atoms with Gasteiger partial charge < -0.3 is 16.0 Å². The molecule has 0 aromatic heterocycles. The molecule has 1 aromatic carbocycles. The molecule has 1 aliphatic rings. The smallest absolute Gasteiger partial charge is 0.246 e. The minimum atomic E-state index is -0.751. The quantitative estimate of drug-likeness (QED) is 0.715. The van der Waals surface area contributed by atoms with E-state index in [1.165, 1.54) is 11.0 Å². The van der Waals surface area contributed by atoms with Crippen molar-refractivity contribution in [1.29, 1.82) is 0 Å². The number of nitrogens with zero attached hydrogens (tertiary/aromatic N) is 1. The van der Waals surface area contributed by atoms with E-state index >= 15 is 0 Å². The number of carbonyl (C=O) groups excluding carboxylic acids is 3. The van der Waals surface area contributed by atoms with Crippen LogP contribution in [0.4, 0.5) is 0 Å². The van der Waals surface area contributed by atoms with Gasteiger partial charge in [0.05, 0.1) is 5.92 Å². The van der Waals surface area contributed by atoms with Crippen molar-refractivity contribution in [2.75, 3.05) is 13.1 Å². The van der Waals surface area contributed by atoms with Gasteiger partial charge in [-0.25, -0.2) is 0 Å². The molecule has 6 heteroatoms. The number of rotatable bonds is 6. The summed E-state index contributed by atoms with van der Waals surface area (Å²) in [6.45, 7) is 4.08. The lowest BCUT2D eigenvalue weighted by molar-refractivity contribution is -0.141. The second kappa shape index (κ2) is 6.89. The van der Waals surface area contributed by atoms with Crippen LogP contribution in [0.15, 0.2) is 43.0 Å². The highest BCUT2D eigenvalue weighted by atomic mass is 16.2. The van der Waals surface area contributed by atoms with Crippen molar-refractivity contribution in [3.8, 4) is 0 Å². The summed E-state index contributed by atoms with van der Waals surface area (Å²) in [4.78, 5) is 36.5. The number of nitrogens with one attached hydrogen (secondary N) is 1. The van der Waals surface area contributed by atoms with Gasteiger partial charge in [0, 0.05) is 19.5 Å². The van der Waals surface area contributed by atoms with Crippen LogP contribution in [-0.2, 0) is 20.8 Å². The van der Waals surface area contributed by atoms with Crippen molar-refractivity contribution >= 4 is 17.7 Å². The number of hydrogen-bond donors (Lipinski definition) is 2. The van der Waals surface area contributed by atoms with Crippen LogP contribution in [-0.4, -0.2) is 41.8 Å². The molecule has 6 nitrogen and oxygen atoms in total. The Morgan fingerprint density at radius 2 is 1.95 bits per heavy atom. The minimum Gasteiger partial charge on any atom is -0.368 e. The largest absolute Gasteiger partial charge is 0.368 e. The normalized spacial score (nSPS) is 15.5. The summed E-state index contributed by atoms with van der Waals surface area (Å²) in [6.07, 6.45) is 1.57. The first kappa shape index (κ1) is 15.8. The minimum absolute atomic E-state index is 0.195. The molecule has 3 amide bonds. The van der Waals surface area contributed by atoms with Gasteiger partial charge in [-0.3, -0.25) is 14.4 Å².